The molecule has 0 atom stereocenters. The highest BCUT2D eigenvalue weighted by molar-refractivity contribution is 14.1. The topological polar surface area (TPSA) is 33.1 Å². The van der Waals surface area contributed by atoms with Gasteiger partial charge in [-0.3, -0.25) is 0 Å². The van der Waals surface area contributed by atoms with E-state index in [4.69, 9.17) is 5.11 Å². The van der Waals surface area contributed by atoms with Gasteiger partial charge in [-0.2, -0.15) is 0 Å². The van der Waals surface area contributed by atoms with Crippen molar-refractivity contribution in [1.29, 1.82) is 0 Å². The number of aliphatic hydroxyl groups excluding tert-OH is 1. The van der Waals surface area contributed by atoms with E-state index >= 15 is 0 Å². The lowest BCUT2D eigenvalue weighted by Crippen LogP contribution is -2.02. The fraction of sp³-hybridized carbons (Fsp3) is 0.375. The quantitative estimate of drug-likeness (QED) is 0.499. The largest absolute Gasteiger partial charge is 0.390 e. The first kappa shape index (κ1) is 12.3. The maximum absolute atomic E-state index is 12.6. The van der Waals surface area contributed by atoms with Gasteiger partial charge in [0.1, 0.15) is 3.70 Å². The summed E-state index contributed by atoms with van der Waals surface area (Å²) in [5.41, 5.74) is 0.692. The Bertz CT molecular complexity index is 335. The molecule has 1 aromatic rings. The van der Waals surface area contributed by atoms with Crippen LogP contribution in [0.25, 0.3) is 0 Å². The molecule has 78 valence electrons. The van der Waals surface area contributed by atoms with Gasteiger partial charge in [0, 0.05) is 16.5 Å². The molecule has 14 heavy (non-hydrogen) atoms. The van der Waals surface area contributed by atoms with Gasteiger partial charge in [-0.05, 0) is 28.7 Å². The number of halogens is 4. The van der Waals surface area contributed by atoms with Crippen LogP contribution in [0.2, 0.25) is 0 Å². The Morgan fingerprint density at radius 3 is 2.64 bits per heavy atom. The summed E-state index contributed by atoms with van der Waals surface area (Å²) in [7, 11) is 0. The van der Waals surface area contributed by atoms with E-state index in [1.807, 2.05) is 22.6 Å². The molecule has 1 N–H and O–H groups in total. The third kappa shape index (κ3) is 2.60. The summed E-state index contributed by atoms with van der Waals surface area (Å²) in [6.45, 7) is -0.321. The lowest BCUT2D eigenvalue weighted by Gasteiger charge is -2.09. The molecule has 0 spiro atoms. The van der Waals surface area contributed by atoms with Gasteiger partial charge in [-0.1, -0.05) is 15.9 Å². The van der Waals surface area contributed by atoms with Crippen LogP contribution in [0.15, 0.2) is 6.07 Å². The zero-order valence-electron chi connectivity index (χ0n) is 6.98. The first-order chi connectivity index (χ1) is 6.60. The van der Waals surface area contributed by atoms with Crippen LogP contribution in [0, 0.1) is 3.70 Å². The molecule has 0 aliphatic rings. The second kappa shape index (κ2) is 5.32. The summed E-state index contributed by atoms with van der Waals surface area (Å²) >= 11 is 5.02. The Kier molecular flexibility index (Phi) is 4.65. The molecular formula is C8H7BrF2INO. The second-order valence-electron chi connectivity index (χ2n) is 2.56. The highest BCUT2D eigenvalue weighted by Crippen LogP contribution is 2.28. The number of alkyl halides is 3. The molecule has 2 nitrogen and oxygen atoms in total. The van der Waals surface area contributed by atoms with E-state index in [2.05, 4.69) is 20.9 Å². The molecule has 0 radical (unpaired) electrons. The van der Waals surface area contributed by atoms with E-state index in [1.54, 1.807) is 0 Å². The van der Waals surface area contributed by atoms with E-state index in [1.165, 1.54) is 6.07 Å². The van der Waals surface area contributed by atoms with Gasteiger partial charge in [-0.15, -0.1) is 0 Å². The van der Waals surface area contributed by atoms with Gasteiger partial charge in [-0.25, -0.2) is 13.8 Å². The molecule has 6 heteroatoms. The molecule has 0 saturated carbocycles. The molecule has 1 heterocycles. The van der Waals surface area contributed by atoms with Crippen LogP contribution in [0.1, 0.15) is 23.2 Å². The van der Waals surface area contributed by atoms with Crippen LogP contribution in [-0.2, 0) is 11.9 Å². The van der Waals surface area contributed by atoms with E-state index in [0.717, 1.165) is 0 Å². The third-order valence-electron chi connectivity index (χ3n) is 1.69. The Morgan fingerprint density at radius 2 is 2.21 bits per heavy atom. The number of rotatable bonds is 3. The molecule has 0 unspecified atom stereocenters. The van der Waals surface area contributed by atoms with E-state index in [-0.39, 0.29) is 17.9 Å². The summed E-state index contributed by atoms with van der Waals surface area (Å²) in [6, 6.07) is 1.24. The normalized spacial score (nSPS) is 11.0. The molecular weight excluding hydrogens is 371 g/mol. The molecule has 0 aromatic carbocycles. The minimum absolute atomic E-state index is 0.0645. The molecule has 0 aliphatic carbocycles. The SMILES string of the molecule is OCc1cc(C(F)F)c(CBr)c(I)n1. The summed E-state index contributed by atoms with van der Waals surface area (Å²) in [4.78, 5) is 3.98. The van der Waals surface area contributed by atoms with Gasteiger partial charge >= 0.3 is 0 Å². The standard InChI is InChI=1S/C8H7BrF2INO/c9-2-6-5(7(10)11)1-4(3-14)13-8(6)12/h1,7,14H,2-3H2. The highest BCUT2D eigenvalue weighted by Gasteiger charge is 2.16. The summed E-state index contributed by atoms with van der Waals surface area (Å²) in [6.07, 6.45) is -2.54. The van der Waals surface area contributed by atoms with Crippen LogP contribution in [0.5, 0.6) is 0 Å². The number of hydrogen-bond donors (Lipinski definition) is 1. The minimum Gasteiger partial charge on any atom is -0.390 e. The number of aliphatic hydroxyl groups is 1. The van der Waals surface area contributed by atoms with Crippen molar-refractivity contribution in [2.24, 2.45) is 0 Å². The van der Waals surface area contributed by atoms with Crippen molar-refractivity contribution in [3.05, 3.63) is 26.6 Å². The van der Waals surface area contributed by atoms with Gasteiger partial charge in [0.05, 0.1) is 12.3 Å². The minimum atomic E-state index is -2.54. The number of pyridine rings is 1. The lowest BCUT2D eigenvalue weighted by atomic mass is 10.1. The average molecular weight is 378 g/mol. The number of nitrogens with zero attached hydrogens (tertiary/aromatic N) is 1. The Labute approximate surface area is 102 Å². The van der Waals surface area contributed by atoms with Crippen molar-refractivity contribution >= 4 is 38.5 Å². The van der Waals surface area contributed by atoms with Crippen molar-refractivity contribution in [2.75, 3.05) is 0 Å². The lowest BCUT2D eigenvalue weighted by molar-refractivity contribution is 0.150. The summed E-state index contributed by atoms with van der Waals surface area (Å²) < 4.78 is 25.7. The van der Waals surface area contributed by atoms with Crippen molar-refractivity contribution < 1.29 is 13.9 Å². The predicted octanol–water partition coefficient (Wildman–Crippen LogP) is 3.01. The van der Waals surface area contributed by atoms with Crippen molar-refractivity contribution in [3.8, 4) is 0 Å². The Morgan fingerprint density at radius 1 is 1.57 bits per heavy atom. The fourth-order valence-corrected chi connectivity index (χ4v) is 2.94. The van der Waals surface area contributed by atoms with Crippen LogP contribution in [-0.4, -0.2) is 10.1 Å². The molecule has 0 aliphatic heterocycles. The van der Waals surface area contributed by atoms with E-state index in [0.29, 0.717) is 14.6 Å². The maximum Gasteiger partial charge on any atom is 0.264 e. The number of aromatic nitrogens is 1. The molecule has 1 aromatic heterocycles. The van der Waals surface area contributed by atoms with Crippen LogP contribution in [0.3, 0.4) is 0 Å². The Balaban J connectivity index is 3.28. The molecule has 0 amide bonds. The average Bonchev–Trinajstić information content (AvgIpc) is 2.16. The van der Waals surface area contributed by atoms with Gasteiger partial charge in [0.2, 0.25) is 0 Å². The van der Waals surface area contributed by atoms with E-state index in [9.17, 15) is 8.78 Å². The Hall–Kier alpha value is 0.180. The van der Waals surface area contributed by atoms with Gasteiger partial charge < -0.3 is 5.11 Å². The number of hydrogen-bond acceptors (Lipinski definition) is 2. The molecule has 0 fully saturated rings. The summed E-state index contributed by atoms with van der Waals surface area (Å²) in [5, 5.41) is 9.15. The van der Waals surface area contributed by atoms with Crippen molar-refractivity contribution in [1.82, 2.24) is 4.98 Å². The fourth-order valence-electron chi connectivity index (χ4n) is 1.02. The first-order valence-electron chi connectivity index (χ1n) is 3.73. The first-order valence-corrected chi connectivity index (χ1v) is 5.93. The van der Waals surface area contributed by atoms with E-state index < -0.39 is 6.43 Å². The second-order valence-corrected chi connectivity index (χ2v) is 4.15. The van der Waals surface area contributed by atoms with Crippen LogP contribution in [0.4, 0.5) is 8.78 Å². The van der Waals surface area contributed by atoms with Gasteiger partial charge in [0.15, 0.2) is 0 Å². The molecule has 1 rings (SSSR count). The highest BCUT2D eigenvalue weighted by atomic mass is 127. The zero-order valence-corrected chi connectivity index (χ0v) is 10.7. The third-order valence-corrected chi connectivity index (χ3v) is 3.15. The van der Waals surface area contributed by atoms with Crippen molar-refractivity contribution in [2.45, 2.75) is 18.4 Å². The van der Waals surface area contributed by atoms with Crippen LogP contribution < -0.4 is 0 Å². The zero-order chi connectivity index (χ0) is 10.7. The monoisotopic (exact) mass is 377 g/mol. The molecule has 0 saturated heterocycles. The van der Waals surface area contributed by atoms with Crippen molar-refractivity contribution in [3.63, 3.8) is 0 Å². The predicted molar refractivity (Wildman–Crippen MR) is 60.5 cm³/mol. The van der Waals surface area contributed by atoms with Crippen LogP contribution >= 0.6 is 38.5 Å². The maximum atomic E-state index is 12.6. The summed E-state index contributed by atoms with van der Waals surface area (Å²) in [5.74, 6) is 0. The van der Waals surface area contributed by atoms with Gasteiger partial charge in [0.25, 0.3) is 6.43 Å². The molecule has 0 bridgehead atoms. The smallest absolute Gasteiger partial charge is 0.264 e.